The molecule has 0 spiro atoms. The lowest BCUT2D eigenvalue weighted by Gasteiger charge is -2.27. The Kier molecular flexibility index (Phi) is 2.77. The van der Waals surface area contributed by atoms with Gasteiger partial charge < -0.3 is 5.32 Å². The molecular formula is C11H17N3. The molecule has 2 rings (SSSR count). The molecule has 0 aliphatic carbocycles. The van der Waals surface area contributed by atoms with Gasteiger partial charge in [0.15, 0.2) is 0 Å². The monoisotopic (exact) mass is 191 g/mol. The molecular weight excluding hydrogens is 174 g/mol. The smallest absolute Gasteiger partial charge is 0.125 e. The van der Waals surface area contributed by atoms with E-state index in [0.717, 1.165) is 18.3 Å². The Morgan fingerprint density at radius 2 is 2.00 bits per heavy atom. The van der Waals surface area contributed by atoms with Gasteiger partial charge in [0.05, 0.1) is 0 Å². The predicted molar refractivity (Wildman–Crippen MR) is 55.9 cm³/mol. The van der Waals surface area contributed by atoms with E-state index in [1.165, 1.54) is 18.4 Å². The van der Waals surface area contributed by atoms with Crippen LogP contribution in [0.25, 0.3) is 0 Å². The normalized spacial score (nSPS) is 27.6. The molecule has 0 radical (unpaired) electrons. The molecule has 1 aromatic heterocycles. The maximum absolute atomic E-state index is 4.22. The summed E-state index contributed by atoms with van der Waals surface area (Å²) in [5.41, 5.74) is 1.22. The number of hydrogen-bond acceptors (Lipinski definition) is 3. The van der Waals surface area contributed by atoms with Crippen LogP contribution in [0, 0.1) is 12.8 Å². The van der Waals surface area contributed by atoms with E-state index in [-0.39, 0.29) is 0 Å². The van der Waals surface area contributed by atoms with Gasteiger partial charge in [-0.2, -0.15) is 0 Å². The molecule has 1 N–H and O–H groups in total. The van der Waals surface area contributed by atoms with Gasteiger partial charge in [-0.15, -0.1) is 0 Å². The van der Waals surface area contributed by atoms with E-state index in [4.69, 9.17) is 0 Å². The van der Waals surface area contributed by atoms with Gasteiger partial charge in [-0.05, 0) is 32.2 Å². The van der Waals surface area contributed by atoms with Gasteiger partial charge in [0.25, 0.3) is 0 Å². The van der Waals surface area contributed by atoms with E-state index in [9.17, 15) is 0 Å². The van der Waals surface area contributed by atoms with Gasteiger partial charge in [-0.25, -0.2) is 9.97 Å². The molecule has 2 atom stereocenters. The summed E-state index contributed by atoms with van der Waals surface area (Å²) in [6.45, 7) is 5.31. The van der Waals surface area contributed by atoms with Crippen LogP contribution in [0.2, 0.25) is 0 Å². The minimum Gasteiger partial charge on any atom is -0.310 e. The number of nitrogens with one attached hydrogen (secondary N) is 1. The fourth-order valence-electron chi connectivity index (χ4n) is 1.87. The van der Waals surface area contributed by atoms with Crippen molar-refractivity contribution in [3.8, 4) is 0 Å². The first-order chi connectivity index (χ1) is 6.75. The van der Waals surface area contributed by atoms with Gasteiger partial charge in [-0.1, -0.05) is 6.92 Å². The molecule has 2 heterocycles. The van der Waals surface area contributed by atoms with E-state index in [0.29, 0.717) is 6.04 Å². The molecule has 1 aliphatic rings. The highest BCUT2D eigenvalue weighted by molar-refractivity contribution is 5.11. The largest absolute Gasteiger partial charge is 0.310 e. The Hall–Kier alpha value is -0.960. The predicted octanol–water partition coefficient (Wildman–Crippen LogP) is 1.85. The third-order valence-electron chi connectivity index (χ3n) is 2.86. The number of nitrogens with zero attached hydrogens (tertiary/aromatic N) is 2. The Bertz CT molecular complexity index is 286. The van der Waals surface area contributed by atoms with E-state index >= 15 is 0 Å². The molecule has 3 heteroatoms. The van der Waals surface area contributed by atoms with E-state index < -0.39 is 0 Å². The Labute approximate surface area is 85.0 Å². The quantitative estimate of drug-likeness (QED) is 0.736. The molecule has 2 unspecified atom stereocenters. The first-order valence-corrected chi connectivity index (χ1v) is 5.27. The van der Waals surface area contributed by atoms with Crippen LogP contribution >= 0.6 is 0 Å². The molecule has 14 heavy (non-hydrogen) atoms. The third-order valence-corrected chi connectivity index (χ3v) is 2.86. The van der Waals surface area contributed by atoms with Gasteiger partial charge in [0.1, 0.15) is 5.82 Å². The van der Waals surface area contributed by atoms with Gasteiger partial charge in [0.2, 0.25) is 0 Å². The SMILES string of the molecule is Cc1ncc(C2CCC(C)CN2)cn1. The first kappa shape index (κ1) is 9.59. The highest BCUT2D eigenvalue weighted by Gasteiger charge is 2.18. The van der Waals surface area contributed by atoms with Crippen molar-refractivity contribution in [3.63, 3.8) is 0 Å². The number of aryl methyl sites for hydroxylation is 1. The molecule has 1 aliphatic heterocycles. The summed E-state index contributed by atoms with van der Waals surface area (Å²) in [5.74, 6) is 1.65. The van der Waals surface area contributed by atoms with Crippen LogP contribution in [0.1, 0.15) is 37.2 Å². The van der Waals surface area contributed by atoms with Crippen LogP contribution in [-0.4, -0.2) is 16.5 Å². The maximum Gasteiger partial charge on any atom is 0.125 e. The van der Waals surface area contributed by atoms with Crippen molar-refractivity contribution in [1.82, 2.24) is 15.3 Å². The summed E-state index contributed by atoms with van der Waals surface area (Å²) in [5, 5.41) is 3.52. The van der Waals surface area contributed by atoms with Crippen molar-refractivity contribution in [2.24, 2.45) is 5.92 Å². The number of rotatable bonds is 1. The summed E-state index contributed by atoms with van der Waals surface area (Å²) in [6, 6.07) is 0.465. The zero-order valence-corrected chi connectivity index (χ0v) is 8.83. The molecule has 1 saturated heterocycles. The molecule has 3 nitrogen and oxygen atoms in total. The lowest BCUT2D eigenvalue weighted by atomic mass is 9.93. The maximum atomic E-state index is 4.22. The summed E-state index contributed by atoms with van der Waals surface area (Å²) in [6.07, 6.45) is 6.38. The zero-order chi connectivity index (χ0) is 9.97. The van der Waals surface area contributed by atoms with Gasteiger partial charge in [-0.3, -0.25) is 0 Å². The van der Waals surface area contributed by atoms with E-state index in [2.05, 4.69) is 22.2 Å². The second-order valence-electron chi connectivity index (χ2n) is 4.21. The van der Waals surface area contributed by atoms with Crippen LogP contribution < -0.4 is 5.32 Å². The average molecular weight is 191 g/mol. The van der Waals surface area contributed by atoms with Crippen LogP contribution in [0.15, 0.2) is 12.4 Å². The second kappa shape index (κ2) is 4.05. The van der Waals surface area contributed by atoms with Crippen molar-refractivity contribution in [1.29, 1.82) is 0 Å². The van der Waals surface area contributed by atoms with Crippen LogP contribution in [0.4, 0.5) is 0 Å². The summed E-state index contributed by atoms with van der Waals surface area (Å²) >= 11 is 0. The Balaban J connectivity index is 2.05. The fourth-order valence-corrected chi connectivity index (χ4v) is 1.87. The lowest BCUT2D eigenvalue weighted by Crippen LogP contribution is -2.32. The topological polar surface area (TPSA) is 37.8 Å². The summed E-state index contributed by atoms with van der Waals surface area (Å²) < 4.78 is 0. The van der Waals surface area contributed by atoms with Crippen LogP contribution in [0.5, 0.6) is 0 Å². The number of piperidine rings is 1. The Morgan fingerprint density at radius 3 is 2.57 bits per heavy atom. The minimum atomic E-state index is 0.465. The highest BCUT2D eigenvalue weighted by atomic mass is 14.9. The standard InChI is InChI=1S/C11H17N3/c1-8-3-4-11(14-5-8)10-6-12-9(2)13-7-10/h6-8,11,14H,3-5H2,1-2H3. The number of hydrogen-bond donors (Lipinski definition) is 1. The van der Waals surface area contributed by atoms with Crippen LogP contribution in [0.3, 0.4) is 0 Å². The van der Waals surface area contributed by atoms with Crippen molar-refractivity contribution < 1.29 is 0 Å². The lowest BCUT2D eigenvalue weighted by molar-refractivity contribution is 0.332. The van der Waals surface area contributed by atoms with Crippen molar-refractivity contribution in [2.45, 2.75) is 32.7 Å². The van der Waals surface area contributed by atoms with Crippen molar-refractivity contribution in [3.05, 3.63) is 23.8 Å². The van der Waals surface area contributed by atoms with Gasteiger partial charge in [0, 0.05) is 24.0 Å². The highest BCUT2D eigenvalue weighted by Crippen LogP contribution is 2.24. The third kappa shape index (κ3) is 2.10. The minimum absolute atomic E-state index is 0.465. The van der Waals surface area contributed by atoms with Crippen LogP contribution in [-0.2, 0) is 0 Å². The zero-order valence-electron chi connectivity index (χ0n) is 8.83. The van der Waals surface area contributed by atoms with Gasteiger partial charge >= 0.3 is 0 Å². The number of aromatic nitrogens is 2. The first-order valence-electron chi connectivity index (χ1n) is 5.27. The molecule has 0 aromatic carbocycles. The fraction of sp³-hybridized carbons (Fsp3) is 0.636. The molecule has 1 aromatic rings. The van der Waals surface area contributed by atoms with E-state index in [1.54, 1.807) is 0 Å². The molecule has 1 fully saturated rings. The summed E-state index contributed by atoms with van der Waals surface area (Å²) in [7, 11) is 0. The second-order valence-corrected chi connectivity index (χ2v) is 4.21. The van der Waals surface area contributed by atoms with Crippen molar-refractivity contribution >= 4 is 0 Å². The summed E-state index contributed by atoms with van der Waals surface area (Å²) in [4.78, 5) is 8.44. The average Bonchev–Trinajstić information content (AvgIpc) is 2.21. The van der Waals surface area contributed by atoms with E-state index in [1.807, 2.05) is 19.3 Å². The Morgan fingerprint density at radius 1 is 1.29 bits per heavy atom. The molecule has 0 bridgehead atoms. The molecule has 0 amide bonds. The molecule has 76 valence electrons. The molecule has 0 saturated carbocycles. The van der Waals surface area contributed by atoms with Crippen molar-refractivity contribution in [2.75, 3.05) is 6.54 Å².